The van der Waals surface area contributed by atoms with Crippen molar-refractivity contribution in [2.45, 2.75) is 90.4 Å². The maximum atomic E-state index is 10.7. The van der Waals surface area contributed by atoms with Crippen molar-refractivity contribution in [2.75, 3.05) is 6.61 Å². The highest BCUT2D eigenvalue weighted by atomic mass is 32.5. The van der Waals surface area contributed by atoms with Crippen LogP contribution in [0.2, 0.25) is 0 Å². The van der Waals surface area contributed by atoms with Gasteiger partial charge in [0.15, 0.2) is 0 Å². The molecule has 132 valence electrons. The van der Waals surface area contributed by atoms with E-state index in [4.69, 9.17) is 4.89 Å². The lowest BCUT2D eigenvalue weighted by Crippen LogP contribution is -2.03. The largest absolute Gasteiger partial charge is 0.780 e. The van der Waals surface area contributed by atoms with Crippen LogP contribution in [0.1, 0.15) is 90.4 Å². The molecule has 5 heteroatoms. The molecule has 0 aromatic carbocycles. The van der Waals surface area contributed by atoms with E-state index in [1.54, 1.807) is 0 Å². The summed E-state index contributed by atoms with van der Waals surface area (Å²) in [5, 5.41) is 0. The van der Waals surface area contributed by atoms with Gasteiger partial charge in [0.1, 0.15) is 6.72 Å². The second-order valence-corrected chi connectivity index (χ2v) is 9.40. The summed E-state index contributed by atoms with van der Waals surface area (Å²) < 4.78 is 4.68. The molecule has 0 aliphatic heterocycles. The van der Waals surface area contributed by atoms with Gasteiger partial charge in [-0.15, -0.1) is 0 Å². The predicted octanol–water partition coefficient (Wildman–Crippen LogP) is 4.92. The summed E-state index contributed by atoms with van der Waals surface area (Å²) in [6, 6.07) is 0. The molecule has 0 spiro atoms. The zero-order valence-electron chi connectivity index (χ0n) is 14.2. The Morgan fingerprint density at radius 3 is 2.00 bits per heavy atom. The maximum absolute atomic E-state index is 10.7. The molecule has 0 saturated heterocycles. The van der Waals surface area contributed by atoms with Gasteiger partial charge in [0.25, 0.3) is 0 Å². The Kier molecular flexibility index (Phi) is 11.2. The molecule has 1 aliphatic rings. The Morgan fingerprint density at radius 1 is 0.955 bits per heavy atom. The summed E-state index contributed by atoms with van der Waals surface area (Å²) in [7, 11) is 0. The molecule has 0 aromatic rings. The molecule has 0 aromatic heterocycles. The maximum Gasteiger partial charge on any atom is 0.112 e. The molecular formula is C17H34O3PS-. The molecular weight excluding hydrogens is 315 g/mol. The van der Waals surface area contributed by atoms with Crippen molar-refractivity contribution in [3.63, 3.8) is 0 Å². The van der Waals surface area contributed by atoms with E-state index in [1.165, 1.54) is 70.6 Å². The zero-order valence-corrected chi connectivity index (χ0v) is 15.9. The van der Waals surface area contributed by atoms with Crippen molar-refractivity contribution in [3.05, 3.63) is 0 Å². The fourth-order valence-electron chi connectivity index (χ4n) is 3.25. The standard InChI is InChI=1S/C17H35O3PS/c1-2-3-4-9-12-16-15-17(16)13-10-7-5-6-8-11-14-20-21(18,19)22/h16-17H,2-15H2,1H3,(H2,18,19,22)/p-1. The van der Waals surface area contributed by atoms with Gasteiger partial charge in [0.2, 0.25) is 0 Å². The molecule has 3 atom stereocenters. The smallest absolute Gasteiger partial charge is 0.112 e. The topological polar surface area (TPSA) is 52.5 Å². The first kappa shape index (κ1) is 20.6. The average Bonchev–Trinajstić information content (AvgIpc) is 3.19. The summed E-state index contributed by atoms with van der Waals surface area (Å²) >= 11 is 4.29. The number of hydrogen-bond donors (Lipinski definition) is 1. The van der Waals surface area contributed by atoms with Crippen molar-refractivity contribution in [2.24, 2.45) is 11.8 Å². The highest BCUT2D eigenvalue weighted by molar-refractivity contribution is 8.06. The minimum absolute atomic E-state index is 0.319. The van der Waals surface area contributed by atoms with Gasteiger partial charge in [0, 0.05) is 0 Å². The Balaban J connectivity index is 1.77. The van der Waals surface area contributed by atoms with Crippen LogP contribution in [0.4, 0.5) is 0 Å². The summed E-state index contributed by atoms with van der Waals surface area (Å²) in [5.41, 5.74) is 0. The van der Waals surface area contributed by atoms with Crippen molar-refractivity contribution < 1.29 is 14.3 Å². The van der Waals surface area contributed by atoms with Crippen LogP contribution >= 0.6 is 6.72 Å². The normalized spacial score (nSPS) is 23.4. The van der Waals surface area contributed by atoms with E-state index in [2.05, 4.69) is 23.3 Å². The molecule has 1 fully saturated rings. The molecule has 1 rings (SSSR count). The Labute approximate surface area is 142 Å². The van der Waals surface area contributed by atoms with Gasteiger partial charge >= 0.3 is 0 Å². The Hall–Kier alpha value is 0.530. The molecule has 1 N–H and O–H groups in total. The van der Waals surface area contributed by atoms with Gasteiger partial charge in [0.05, 0.1) is 6.61 Å². The van der Waals surface area contributed by atoms with Crippen molar-refractivity contribution >= 4 is 18.5 Å². The monoisotopic (exact) mass is 349 g/mol. The number of unbranched alkanes of at least 4 members (excludes halogenated alkanes) is 8. The van der Waals surface area contributed by atoms with Crippen LogP contribution in [-0.4, -0.2) is 11.5 Å². The molecule has 22 heavy (non-hydrogen) atoms. The third-order valence-electron chi connectivity index (χ3n) is 4.72. The first-order valence-electron chi connectivity index (χ1n) is 9.21. The second kappa shape index (κ2) is 12.0. The van der Waals surface area contributed by atoms with Gasteiger partial charge in [-0.05, 0) is 24.7 Å². The fourth-order valence-corrected chi connectivity index (χ4v) is 3.83. The summed E-state index contributed by atoms with van der Waals surface area (Å²) in [4.78, 5) is 19.5. The molecule has 1 aliphatic carbocycles. The lowest BCUT2D eigenvalue weighted by atomic mass is 10.0. The van der Waals surface area contributed by atoms with Crippen LogP contribution in [0, 0.1) is 11.8 Å². The van der Waals surface area contributed by atoms with E-state index in [1.807, 2.05) is 0 Å². The van der Waals surface area contributed by atoms with E-state index in [9.17, 15) is 4.89 Å². The van der Waals surface area contributed by atoms with Gasteiger partial charge < -0.3 is 14.3 Å². The summed E-state index contributed by atoms with van der Waals surface area (Å²) in [6.45, 7) is -1.08. The van der Waals surface area contributed by atoms with Gasteiger partial charge in [-0.3, -0.25) is 0 Å². The molecule has 3 nitrogen and oxygen atoms in total. The van der Waals surface area contributed by atoms with Gasteiger partial charge in [-0.1, -0.05) is 89.4 Å². The summed E-state index contributed by atoms with van der Waals surface area (Å²) in [6.07, 6.45) is 17.1. The number of hydrogen-bond acceptors (Lipinski definition) is 3. The Morgan fingerprint density at radius 2 is 1.45 bits per heavy atom. The SMILES string of the molecule is CCCCCCC1CC1CCCCCCCCOP([O-])(O)=S. The second-order valence-electron chi connectivity index (χ2n) is 6.82. The lowest BCUT2D eigenvalue weighted by molar-refractivity contribution is -0.201. The quantitative estimate of drug-likeness (QED) is 0.337. The van der Waals surface area contributed by atoms with Crippen LogP contribution < -0.4 is 4.89 Å². The highest BCUT2D eigenvalue weighted by Crippen LogP contribution is 2.45. The van der Waals surface area contributed by atoms with E-state index >= 15 is 0 Å². The average molecular weight is 349 g/mol. The molecule has 1 saturated carbocycles. The van der Waals surface area contributed by atoms with E-state index in [0.29, 0.717) is 6.61 Å². The number of rotatable bonds is 15. The fraction of sp³-hybridized carbons (Fsp3) is 1.00. The van der Waals surface area contributed by atoms with Gasteiger partial charge in [-0.2, -0.15) is 0 Å². The molecule has 0 amide bonds. The lowest BCUT2D eigenvalue weighted by Gasteiger charge is -2.19. The van der Waals surface area contributed by atoms with Crippen LogP contribution in [0.25, 0.3) is 0 Å². The van der Waals surface area contributed by atoms with Crippen LogP contribution in [-0.2, 0) is 16.3 Å². The molecule has 0 bridgehead atoms. The third kappa shape index (κ3) is 12.0. The third-order valence-corrected chi connectivity index (χ3v) is 5.55. The molecule has 3 unspecified atom stereocenters. The minimum atomic E-state index is -3.67. The van der Waals surface area contributed by atoms with E-state index in [0.717, 1.165) is 24.7 Å². The minimum Gasteiger partial charge on any atom is -0.780 e. The predicted molar refractivity (Wildman–Crippen MR) is 95.1 cm³/mol. The van der Waals surface area contributed by atoms with Crippen LogP contribution in [0.3, 0.4) is 0 Å². The molecule has 0 radical (unpaired) electrons. The van der Waals surface area contributed by atoms with Crippen LogP contribution in [0.15, 0.2) is 0 Å². The first-order valence-corrected chi connectivity index (χ1v) is 11.8. The van der Waals surface area contributed by atoms with Crippen molar-refractivity contribution in [1.29, 1.82) is 0 Å². The van der Waals surface area contributed by atoms with Gasteiger partial charge in [-0.25, -0.2) is 0 Å². The van der Waals surface area contributed by atoms with Crippen molar-refractivity contribution in [3.8, 4) is 0 Å². The van der Waals surface area contributed by atoms with E-state index in [-0.39, 0.29) is 0 Å². The first-order chi connectivity index (χ1) is 10.5. The zero-order chi connectivity index (χ0) is 16.3. The van der Waals surface area contributed by atoms with E-state index < -0.39 is 6.72 Å². The highest BCUT2D eigenvalue weighted by Gasteiger charge is 2.34. The van der Waals surface area contributed by atoms with Crippen molar-refractivity contribution in [1.82, 2.24) is 0 Å². The Bertz CT molecular complexity index is 319. The summed E-state index contributed by atoms with van der Waals surface area (Å²) in [5.74, 6) is 2.10. The van der Waals surface area contributed by atoms with Crippen LogP contribution in [0.5, 0.6) is 0 Å². The molecule has 0 heterocycles.